The molecule has 2 N–H and O–H groups in total. The van der Waals surface area contributed by atoms with Gasteiger partial charge in [-0.1, -0.05) is 0 Å². The molecule has 2 aromatic rings. The highest BCUT2D eigenvalue weighted by Crippen LogP contribution is 2.27. The first kappa shape index (κ1) is 12.6. The van der Waals surface area contributed by atoms with E-state index in [1.807, 2.05) is 11.4 Å². The lowest BCUT2D eigenvalue weighted by Gasteiger charge is -2.26. The van der Waals surface area contributed by atoms with Gasteiger partial charge in [0, 0.05) is 24.2 Å². The fourth-order valence-electron chi connectivity index (χ4n) is 2.12. The van der Waals surface area contributed by atoms with Crippen LogP contribution in [0, 0.1) is 0 Å². The molecule has 0 unspecified atom stereocenters. The average molecular weight is 295 g/mol. The number of sulfonamides is 1. The minimum Gasteiger partial charge on any atom is -0.384 e. The Hall–Kier alpha value is -1.44. The molecule has 0 aromatic carbocycles. The van der Waals surface area contributed by atoms with Crippen molar-refractivity contribution in [2.75, 3.05) is 12.3 Å². The van der Waals surface area contributed by atoms with E-state index in [0.29, 0.717) is 18.9 Å². The Morgan fingerprint density at radius 2 is 2.16 bits per heavy atom. The molecule has 0 saturated carbocycles. The summed E-state index contributed by atoms with van der Waals surface area (Å²) < 4.78 is 26.5. The third-order valence-electron chi connectivity index (χ3n) is 3.17. The summed E-state index contributed by atoms with van der Waals surface area (Å²) >= 11 is 1.69. The van der Waals surface area contributed by atoms with Gasteiger partial charge in [-0.05, 0) is 35.6 Å². The molecule has 1 aliphatic rings. The van der Waals surface area contributed by atoms with Crippen molar-refractivity contribution in [3.63, 3.8) is 0 Å². The minimum absolute atomic E-state index is 0.195. The fraction of sp³-hybridized carbons (Fsp3) is 0.250. The van der Waals surface area contributed by atoms with Crippen molar-refractivity contribution in [3.8, 4) is 0 Å². The normalized spacial score (nSPS) is 16.2. The summed E-state index contributed by atoms with van der Waals surface area (Å²) in [6.07, 6.45) is 2.09. The molecule has 100 valence electrons. The summed E-state index contributed by atoms with van der Waals surface area (Å²) in [7, 11) is -3.48. The van der Waals surface area contributed by atoms with Gasteiger partial charge in [0.15, 0.2) is 0 Å². The molecular formula is C12H13N3O2S2. The number of nitrogens with zero attached hydrogens (tertiary/aromatic N) is 2. The number of hydrogen-bond donors (Lipinski definition) is 1. The fourth-order valence-corrected chi connectivity index (χ4v) is 4.38. The van der Waals surface area contributed by atoms with Crippen molar-refractivity contribution in [1.29, 1.82) is 0 Å². The van der Waals surface area contributed by atoms with Gasteiger partial charge in [-0.2, -0.15) is 4.31 Å². The van der Waals surface area contributed by atoms with Crippen molar-refractivity contribution in [3.05, 3.63) is 40.2 Å². The van der Waals surface area contributed by atoms with Gasteiger partial charge in [0.2, 0.25) is 10.0 Å². The van der Waals surface area contributed by atoms with Crippen LogP contribution in [0.3, 0.4) is 0 Å². The predicted octanol–water partition coefficient (Wildman–Crippen LogP) is 1.47. The van der Waals surface area contributed by atoms with E-state index in [2.05, 4.69) is 4.98 Å². The number of rotatable bonds is 2. The van der Waals surface area contributed by atoms with E-state index in [1.54, 1.807) is 11.3 Å². The maximum Gasteiger partial charge on any atom is 0.244 e. The molecule has 3 rings (SSSR count). The topological polar surface area (TPSA) is 76.3 Å². The lowest BCUT2D eigenvalue weighted by molar-refractivity contribution is 0.394. The molecule has 1 aliphatic heterocycles. The first-order chi connectivity index (χ1) is 9.07. The molecule has 7 heteroatoms. The lowest BCUT2D eigenvalue weighted by Crippen LogP contribution is -2.35. The Labute approximate surface area is 115 Å². The van der Waals surface area contributed by atoms with E-state index in [-0.39, 0.29) is 4.90 Å². The van der Waals surface area contributed by atoms with Gasteiger partial charge >= 0.3 is 0 Å². The predicted molar refractivity (Wildman–Crippen MR) is 74.3 cm³/mol. The third-order valence-corrected chi connectivity index (χ3v) is 6.02. The van der Waals surface area contributed by atoms with Crippen molar-refractivity contribution in [1.82, 2.24) is 9.29 Å². The molecule has 19 heavy (non-hydrogen) atoms. The molecule has 0 bridgehead atoms. The van der Waals surface area contributed by atoms with E-state index >= 15 is 0 Å². The highest BCUT2D eigenvalue weighted by atomic mass is 32.2. The van der Waals surface area contributed by atoms with Crippen LogP contribution in [0.2, 0.25) is 0 Å². The van der Waals surface area contributed by atoms with Crippen LogP contribution in [-0.4, -0.2) is 24.3 Å². The zero-order valence-corrected chi connectivity index (χ0v) is 11.7. The van der Waals surface area contributed by atoms with E-state index in [1.165, 1.54) is 27.5 Å². The summed E-state index contributed by atoms with van der Waals surface area (Å²) in [5, 5.41) is 2.01. The van der Waals surface area contributed by atoms with Crippen LogP contribution < -0.4 is 5.73 Å². The molecule has 0 aliphatic carbocycles. The molecule has 0 spiro atoms. The number of thiophene rings is 1. The molecule has 0 saturated heterocycles. The summed E-state index contributed by atoms with van der Waals surface area (Å²) in [6, 6.07) is 5.00. The Balaban J connectivity index is 1.92. The molecule has 3 heterocycles. The molecule has 0 fully saturated rings. The van der Waals surface area contributed by atoms with Crippen LogP contribution >= 0.6 is 11.3 Å². The van der Waals surface area contributed by atoms with Crippen LogP contribution in [0.1, 0.15) is 10.4 Å². The van der Waals surface area contributed by atoms with E-state index < -0.39 is 10.0 Å². The first-order valence-electron chi connectivity index (χ1n) is 5.84. The van der Waals surface area contributed by atoms with Crippen molar-refractivity contribution in [2.24, 2.45) is 0 Å². The van der Waals surface area contributed by atoms with E-state index in [0.717, 1.165) is 12.0 Å². The maximum atomic E-state index is 12.5. The zero-order valence-electron chi connectivity index (χ0n) is 10.1. The van der Waals surface area contributed by atoms with Gasteiger partial charge in [-0.15, -0.1) is 11.3 Å². The molecular weight excluding hydrogens is 282 g/mol. The molecule has 0 atom stereocenters. The van der Waals surface area contributed by atoms with Crippen molar-refractivity contribution < 1.29 is 8.42 Å². The van der Waals surface area contributed by atoms with Crippen LogP contribution in [0.5, 0.6) is 0 Å². The van der Waals surface area contributed by atoms with Gasteiger partial charge in [-0.3, -0.25) is 0 Å². The van der Waals surface area contributed by atoms with Crippen LogP contribution in [0.15, 0.2) is 34.7 Å². The van der Waals surface area contributed by atoms with Gasteiger partial charge in [0.1, 0.15) is 10.7 Å². The quantitative estimate of drug-likeness (QED) is 0.910. The van der Waals surface area contributed by atoms with Crippen LogP contribution in [0.25, 0.3) is 0 Å². The number of fused-ring (bicyclic) bond motifs is 1. The number of anilines is 1. The Bertz CT molecular complexity index is 692. The SMILES string of the molecule is Nc1ccc(S(=O)(=O)N2CCc3sccc3C2)cn1. The number of hydrogen-bond acceptors (Lipinski definition) is 5. The zero-order chi connectivity index (χ0) is 13.5. The second kappa shape index (κ2) is 4.59. The largest absolute Gasteiger partial charge is 0.384 e. The smallest absolute Gasteiger partial charge is 0.244 e. The second-order valence-corrected chi connectivity index (χ2v) is 7.31. The number of aromatic nitrogens is 1. The van der Waals surface area contributed by atoms with Gasteiger partial charge < -0.3 is 5.73 Å². The third kappa shape index (κ3) is 2.24. The second-order valence-electron chi connectivity index (χ2n) is 4.38. The Morgan fingerprint density at radius 3 is 2.89 bits per heavy atom. The number of pyridine rings is 1. The van der Waals surface area contributed by atoms with Gasteiger partial charge in [0.25, 0.3) is 0 Å². The first-order valence-corrected chi connectivity index (χ1v) is 8.16. The number of nitrogen functional groups attached to an aromatic ring is 1. The summed E-state index contributed by atoms with van der Waals surface area (Å²) in [5.74, 6) is 0.317. The van der Waals surface area contributed by atoms with Gasteiger partial charge in [0.05, 0.1) is 0 Å². The standard InChI is InChI=1S/C12H13N3O2S2/c13-12-2-1-10(7-14-12)19(16,17)15-5-3-11-9(8-15)4-6-18-11/h1-2,4,6-7H,3,5,8H2,(H2,13,14). The highest BCUT2D eigenvalue weighted by Gasteiger charge is 2.28. The lowest BCUT2D eigenvalue weighted by atomic mass is 10.1. The van der Waals surface area contributed by atoms with Crippen LogP contribution in [-0.2, 0) is 23.0 Å². The van der Waals surface area contributed by atoms with E-state index in [4.69, 9.17) is 5.73 Å². The maximum absolute atomic E-state index is 12.5. The van der Waals surface area contributed by atoms with E-state index in [9.17, 15) is 8.42 Å². The Kier molecular flexibility index (Phi) is 3.04. The highest BCUT2D eigenvalue weighted by molar-refractivity contribution is 7.89. The minimum atomic E-state index is -3.48. The van der Waals surface area contributed by atoms with Gasteiger partial charge in [-0.25, -0.2) is 13.4 Å². The number of nitrogens with two attached hydrogens (primary N) is 1. The molecule has 5 nitrogen and oxygen atoms in total. The average Bonchev–Trinajstić information content (AvgIpc) is 2.86. The summed E-state index contributed by atoms with van der Waals surface area (Å²) in [6.45, 7) is 0.950. The monoisotopic (exact) mass is 295 g/mol. The van der Waals surface area contributed by atoms with Crippen molar-refractivity contribution in [2.45, 2.75) is 17.9 Å². The summed E-state index contributed by atoms with van der Waals surface area (Å²) in [5.41, 5.74) is 6.58. The Morgan fingerprint density at radius 1 is 1.32 bits per heavy atom. The molecule has 0 radical (unpaired) electrons. The van der Waals surface area contributed by atoms with Crippen molar-refractivity contribution >= 4 is 27.2 Å². The summed E-state index contributed by atoms with van der Waals surface area (Å²) in [4.78, 5) is 5.32. The van der Waals surface area contributed by atoms with Crippen LogP contribution in [0.4, 0.5) is 5.82 Å². The molecule has 2 aromatic heterocycles. The molecule has 0 amide bonds.